The fraction of sp³-hybridized carbons (Fsp3) is 0.333. The second kappa shape index (κ2) is 4.12. The average Bonchev–Trinajstić information content (AvgIpc) is 1.61. The van der Waals surface area contributed by atoms with Gasteiger partial charge < -0.3 is 0 Å². The van der Waals surface area contributed by atoms with E-state index in [1.165, 1.54) is 0 Å². The van der Waals surface area contributed by atoms with E-state index in [1.807, 2.05) is 0 Å². The summed E-state index contributed by atoms with van der Waals surface area (Å²) in [6.07, 6.45) is 6.82. The molecule has 0 spiro atoms. The van der Waals surface area contributed by atoms with Crippen molar-refractivity contribution >= 4 is 0 Å². The van der Waals surface area contributed by atoms with Crippen molar-refractivity contribution in [3.63, 3.8) is 0 Å². The Morgan fingerprint density at radius 1 is 1.67 bits per heavy atom. The summed E-state index contributed by atoms with van der Waals surface area (Å²) in [5, 5.41) is 0. The van der Waals surface area contributed by atoms with Crippen LogP contribution >= 0.6 is 0 Å². The molecule has 0 nitrogen and oxygen atoms in total. The SMILES string of the molecule is [C]#CCC#CC. The van der Waals surface area contributed by atoms with Crippen LogP contribution in [0.2, 0.25) is 0 Å². The molecule has 0 saturated heterocycles. The molecule has 0 fully saturated rings. The fourth-order valence-electron chi connectivity index (χ4n) is 0.133. The molecule has 0 N–H and O–H groups in total. The molecule has 0 saturated carbocycles. The zero-order valence-corrected chi connectivity index (χ0v) is 3.71. The molecule has 0 heterocycles. The Balaban J connectivity index is 3.07. The summed E-state index contributed by atoms with van der Waals surface area (Å²) in [5.41, 5.74) is 0. The van der Waals surface area contributed by atoms with Gasteiger partial charge in [0.05, 0.1) is 6.42 Å². The fourth-order valence-corrected chi connectivity index (χ4v) is 0.133. The number of rotatable bonds is 0. The van der Waals surface area contributed by atoms with Gasteiger partial charge in [0, 0.05) is 0 Å². The van der Waals surface area contributed by atoms with Crippen molar-refractivity contribution in [3.05, 3.63) is 6.42 Å². The summed E-state index contributed by atoms with van der Waals surface area (Å²) in [6.45, 7) is 1.75. The molecule has 0 unspecified atom stereocenters. The lowest BCUT2D eigenvalue weighted by Crippen LogP contribution is -1.50. The maximum Gasteiger partial charge on any atom is 0.0712 e. The van der Waals surface area contributed by atoms with Crippen LogP contribution in [-0.2, 0) is 0 Å². The van der Waals surface area contributed by atoms with Gasteiger partial charge in [-0.3, -0.25) is 0 Å². The van der Waals surface area contributed by atoms with E-state index in [2.05, 4.69) is 17.8 Å². The molecule has 0 aliphatic carbocycles. The van der Waals surface area contributed by atoms with Crippen molar-refractivity contribution in [1.82, 2.24) is 0 Å². The molecule has 0 rings (SSSR count). The van der Waals surface area contributed by atoms with Crippen LogP contribution in [0.1, 0.15) is 13.3 Å². The molecule has 1 radical (unpaired) electrons. The quantitative estimate of drug-likeness (QED) is 0.378. The Labute approximate surface area is 38.6 Å². The Morgan fingerprint density at radius 3 is 2.50 bits per heavy atom. The summed E-state index contributed by atoms with van der Waals surface area (Å²) < 4.78 is 0. The Hall–Kier alpha value is -0.880. The predicted molar refractivity (Wildman–Crippen MR) is 25.2 cm³/mol. The summed E-state index contributed by atoms with van der Waals surface area (Å²) in [5.74, 6) is 7.43. The van der Waals surface area contributed by atoms with Crippen LogP contribution in [-0.4, -0.2) is 0 Å². The van der Waals surface area contributed by atoms with Crippen LogP contribution in [0.3, 0.4) is 0 Å². The summed E-state index contributed by atoms with van der Waals surface area (Å²) in [4.78, 5) is 0. The molecule has 0 amide bonds. The van der Waals surface area contributed by atoms with Gasteiger partial charge in [-0.1, -0.05) is 11.8 Å². The van der Waals surface area contributed by atoms with Crippen molar-refractivity contribution in [2.45, 2.75) is 13.3 Å². The molecule has 0 aromatic rings. The minimum atomic E-state index is 0.469. The number of hydrogen-bond acceptors (Lipinski definition) is 0. The highest BCUT2D eigenvalue weighted by molar-refractivity contribution is 5.03. The Morgan fingerprint density at radius 2 is 2.33 bits per heavy atom. The summed E-state index contributed by atoms with van der Waals surface area (Å²) in [6, 6.07) is 0. The first kappa shape index (κ1) is 5.12. The van der Waals surface area contributed by atoms with E-state index in [0.717, 1.165) is 0 Å². The van der Waals surface area contributed by atoms with Gasteiger partial charge in [0.1, 0.15) is 0 Å². The van der Waals surface area contributed by atoms with Crippen molar-refractivity contribution in [2.24, 2.45) is 0 Å². The molecule has 0 aromatic heterocycles. The van der Waals surface area contributed by atoms with Gasteiger partial charge in [0.15, 0.2) is 0 Å². The predicted octanol–water partition coefficient (Wildman–Crippen LogP) is 0.990. The third-order valence-corrected chi connectivity index (χ3v) is 0.354. The van der Waals surface area contributed by atoms with Gasteiger partial charge in [0.25, 0.3) is 0 Å². The van der Waals surface area contributed by atoms with E-state index < -0.39 is 0 Å². The van der Waals surface area contributed by atoms with E-state index in [9.17, 15) is 0 Å². The molecular weight excluding hydrogens is 72.1 g/mol. The first-order valence-electron chi connectivity index (χ1n) is 1.71. The van der Waals surface area contributed by atoms with Gasteiger partial charge in [-0.25, -0.2) is 0 Å². The first-order valence-corrected chi connectivity index (χ1v) is 1.71. The van der Waals surface area contributed by atoms with Gasteiger partial charge in [0.2, 0.25) is 0 Å². The van der Waals surface area contributed by atoms with Gasteiger partial charge in [-0.15, -0.1) is 5.92 Å². The monoisotopic (exact) mass is 77.0 g/mol. The lowest BCUT2D eigenvalue weighted by Gasteiger charge is -1.59. The maximum absolute atomic E-state index is 6.35. The van der Waals surface area contributed by atoms with Gasteiger partial charge >= 0.3 is 0 Å². The molecule has 0 aromatic carbocycles. The van der Waals surface area contributed by atoms with Crippen LogP contribution in [0, 0.1) is 24.2 Å². The van der Waals surface area contributed by atoms with Gasteiger partial charge in [-0.2, -0.15) is 0 Å². The second-order valence-corrected chi connectivity index (χ2v) is 0.780. The highest BCUT2D eigenvalue weighted by Gasteiger charge is 1.55. The third kappa shape index (κ3) is 3.12. The Kier molecular flexibility index (Phi) is 3.52. The van der Waals surface area contributed by atoms with Crippen LogP contribution < -0.4 is 0 Å². The Bertz CT molecular complexity index is 104. The molecular formula is C6H5. The topological polar surface area (TPSA) is 0 Å². The van der Waals surface area contributed by atoms with Crippen LogP contribution in [0.25, 0.3) is 0 Å². The summed E-state index contributed by atoms with van der Waals surface area (Å²) in [7, 11) is 0. The van der Waals surface area contributed by atoms with Crippen molar-refractivity contribution in [1.29, 1.82) is 0 Å². The minimum Gasteiger partial charge on any atom is -0.106 e. The van der Waals surface area contributed by atoms with Crippen molar-refractivity contribution in [2.75, 3.05) is 0 Å². The molecule has 0 aliphatic heterocycles. The highest BCUT2D eigenvalue weighted by atomic mass is 13.6. The molecule has 0 heteroatoms. The molecule has 0 atom stereocenters. The zero-order chi connectivity index (χ0) is 4.83. The molecule has 0 bridgehead atoms. The largest absolute Gasteiger partial charge is 0.106 e. The van der Waals surface area contributed by atoms with Crippen LogP contribution in [0.15, 0.2) is 0 Å². The number of hydrogen-bond donors (Lipinski definition) is 0. The lowest BCUT2D eigenvalue weighted by atomic mass is 10.4. The summed E-state index contributed by atoms with van der Waals surface area (Å²) >= 11 is 0. The van der Waals surface area contributed by atoms with E-state index in [1.54, 1.807) is 6.92 Å². The average molecular weight is 77.1 g/mol. The maximum atomic E-state index is 6.35. The van der Waals surface area contributed by atoms with Crippen LogP contribution in [0.4, 0.5) is 0 Å². The minimum absolute atomic E-state index is 0.469. The zero-order valence-electron chi connectivity index (χ0n) is 3.71. The smallest absolute Gasteiger partial charge is 0.0712 e. The molecule has 29 valence electrons. The molecule has 0 aliphatic rings. The first-order chi connectivity index (χ1) is 2.91. The third-order valence-electron chi connectivity index (χ3n) is 0.354. The second-order valence-electron chi connectivity index (χ2n) is 0.780. The van der Waals surface area contributed by atoms with Crippen molar-refractivity contribution in [3.8, 4) is 17.8 Å². The lowest BCUT2D eigenvalue weighted by molar-refractivity contribution is 1.55. The van der Waals surface area contributed by atoms with Crippen LogP contribution in [0.5, 0.6) is 0 Å². The standard InChI is InChI=1S/C6H5/c1-3-5-6-4-2/h6H2,1H3. The highest BCUT2D eigenvalue weighted by Crippen LogP contribution is 1.63. The van der Waals surface area contributed by atoms with E-state index >= 15 is 0 Å². The normalized spacial score (nSPS) is 4.67. The van der Waals surface area contributed by atoms with Crippen molar-refractivity contribution < 1.29 is 0 Å². The van der Waals surface area contributed by atoms with E-state index in [0.29, 0.717) is 6.42 Å². The van der Waals surface area contributed by atoms with E-state index in [4.69, 9.17) is 6.42 Å². The van der Waals surface area contributed by atoms with Gasteiger partial charge in [-0.05, 0) is 13.3 Å². The van der Waals surface area contributed by atoms with E-state index in [-0.39, 0.29) is 0 Å². The molecule has 6 heavy (non-hydrogen) atoms.